The zero-order valence-electron chi connectivity index (χ0n) is 10.2. The largest absolute Gasteiger partial charge is 0.508 e. The number of nitrogens with zero attached hydrogens (tertiary/aromatic N) is 1. The molecule has 0 saturated heterocycles. The van der Waals surface area contributed by atoms with Gasteiger partial charge in [-0.15, -0.1) is 11.3 Å². The molecule has 0 bridgehead atoms. The predicted molar refractivity (Wildman–Crippen MR) is 73.1 cm³/mol. The Morgan fingerprint density at radius 3 is 2.83 bits per heavy atom. The monoisotopic (exact) mass is 259 g/mol. The molecule has 0 unspecified atom stereocenters. The first-order valence-corrected chi connectivity index (χ1v) is 6.70. The number of furan rings is 1. The van der Waals surface area contributed by atoms with Crippen molar-refractivity contribution in [2.45, 2.75) is 19.8 Å². The fourth-order valence-corrected chi connectivity index (χ4v) is 2.73. The van der Waals surface area contributed by atoms with E-state index in [-0.39, 0.29) is 5.75 Å². The minimum atomic E-state index is 0.247. The Bertz CT molecular complexity index is 697. The van der Waals surface area contributed by atoms with Crippen LogP contribution in [0.5, 0.6) is 5.75 Å². The summed E-state index contributed by atoms with van der Waals surface area (Å²) in [4.78, 5) is 4.56. The summed E-state index contributed by atoms with van der Waals surface area (Å²) in [6.45, 7) is 4.24. The molecule has 0 aliphatic rings. The number of benzene rings is 1. The van der Waals surface area contributed by atoms with Crippen molar-refractivity contribution in [3.8, 4) is 16.5 Å². The van der Waals surface area contributed by atoms with Gasteiger partial charge in [0.2, 0.25) is 0 Å². The van der Waals surface area contributed by atoms with Crippen LogP contribution in [-0.4, -0.2) is 10.1 Å². The number of hydrogen-bond acceptors (Lipinski definition) is 4. The summed E-state index contributed by atoms with van der Waals surface area (Å²) in [7, 11) is 0. The number of hydrogen-bond donors (Lipinski definition) is 1. The lowest BCUT2D eigenvalue weighted by Gasteiger charge is -1.96. The normalized spacial score (nSPS) is 11.5. The Labute approximate surface area is 109 Å². The maximum Gasteiger partial charge on any atom is 0.164 e. The molecule has 2 heterocycles. The smallest absolute Gasteiger partial charge is 0.164 e. The zero-order valence-corrected chi connectivity index (χ0v) is 11.0. The minimum absolute atomic E-state index is 0.247. The van der Waals surface area contributed by atoms with E-state index in [9.17, 15) is 5.11 Å². The molecule has 0 radical (unpaired) electrons. The van der Waals surface area contributed by atoms with Gasteiger partial charge in [0.25, 0.3) is 0 Å². The predicted octanol–water partition coefficient (Wildman–Crippen LogP) is 4.39. The Kier molecular flexibility index (Phi) is 2.59. The van der Waals surface area contributed by atoms with Crippen LogP contribution in [0.1, 0.15) is 25.5 Å². The summed E-state index contributed by atoms with van der Waals surface area (Å²) < 4.78 is 5.74. The fraction of sp³-hybridized carbons (Fsp3) is 0.214. The van der Waals surface area contributed by atoms with Crippen LogP contribution >= 0.6 is 11.3 Å². The number of aromatic nitrogens is 1. The topological polar surface area (TPSA) is 46.3 Å². The summed E-state index contributed by atoms with van der Waals surface area (Å²) in [6.07, 6.45) is 0. The molecule has 3 nitrogen and oxygen atoms in total. The molecule has 3 rings (SSSR count). The van der Waals surface area contributed by atoms with Crippen molar-refractivity contribution in [1.82, 2.24) is 4.98 Å². The van der Waals surface area contributed by atoms with Crippen LogP contribution in [0, 0.1) is 0 Å². The Balaban J connectivity index is 2.07. The third-order valence-corrected chi connectivity index (χ3v) is 3.70. The first-order chi connectivity index (χ1) is 8.63. The van der Waals surface area contributed by atoms with Gasteiger partial charge in [-0.05, 0) is 30.2 Å². The average molecular weight is 259 g/mol. The van der Waals surface area contributed by atoms with Gasteiger partial charge in [-0.2, -0.15) is 0 Å². The van der Waals surface area contributed by atoms with E-state index in [0.717, 1.165) is 27.4 Å². The molecule has 0 aliphatic heterocycles. The highest BCUT2D eigenvalue weighted by Gasteiger charge is 2.12. The first kappa shape index (κ1) is 11.3. The van der Waals surface area contributed by atoms with Crippen molar-refractivity contribution in [3.63, 3.8) is 0 Å². The van der Waals surface area contributed by atoms with Crippen LogP contribution in [0.2, 0.25) is 0 Å². The highest BCUT2D eigenvalue weighted by atomic mass is 32.1. The van der Waals surface area contributed by atoms with E-state index in [0.29, 0.717) is 5.92 Å². The van der Waals surface area contributed by atoms with Gasteiger partial charge < -0.3 is 9.52 Å². The van der Waals surface area contributed by atoms with Crippen LogP contribution in [0.4, 0.5) is 0 Å². The van der Waals surface area contributed by atoms with E-state index < -0.39 is 0 Å². The highest BCUT2D eigenvalue weighted by Crippen LogP contribution is 2.32. The van der Waals surface area contributed by atoms with Gasteiger partial charge >= 0.3 is 0 Å². The Hall–Kier alpha value is -1.81. The van der Waals surface area contributed by atoms with E-state index in [1.54, 1.807) is 29.5 Å². The zero-order chi connectivity index (χ0) is 12.7. The van der Waals surface area contributed by atoms with Gasteiger partial charge in [0, 0.05) is 10.8 Å². The van der Waals surface area contributed by atoms with Crippen molar-refractivity contribution < 1.29 is 9.52 Å². The van der Waals surface area contributed by atoms with Gasteiger partial charge in [-0.3, -0.25) is 0 Å². The van der Waals surface area contributed by atoms with Crippen LogP contribution < -0.4 is 0 Å². The van der Waals surface area contributed by atoms with Crippen molar-refractivity contribution >= 4 is 22.3 Å². The molecule has 0 spiro atoms. The molecule has 1 N–H and O–H groups in total. The maximum absolute atomic E-state index is 9.43. The van der Waals surface area contributed by atoms with Crippen LogP contribution in [-0.2, 0) is 0 Å². The van der Waals surface area contributed by atoms with Gasteiger partial charge in [-0.25, -0.2) is 4.98 Å². The van der Waals surface area contributed by atoms with E-state index >= 15 is 0 Å². The molecule has 0 fully saturated rings. The highest BCUT2D eigenvalue weighted by molar-refractivity contribution is 7.13. The number of rotatable bonds is 2. The summed E-state index contributed by atoms with van der Waals surface area (Å²) >= 11 is 1.58. The van der Waals surface area contributed by atoms with Crippen LogP contribution in [0.3, 0.4) is 0 Å². The number of aromatic hydroxyl groups is 1. The minimum Gasteiger partial charge on any atom is -0.508 e. The molecule has 3 aromatic rings. The van der Waals surface area contributed by atoms with Crippen molar-refractivity contribution in [2.75, 3.05) is 0 Å². The van der Waals surface area contributed by atoms with Crippen LogP contribution in [0.15, 0.2) is 34.1 Å². The van der Waals surface area contributed by atoms with Gasteiger partial charge in [0.1, 0.15) is 11.3 Å². The Morgan fingerprint density at radius 1 is 1.28 bits per heavy atom. The number of phenolic OH excluding ortho intramolecular Hbond substituents is 1. The summed E-state index contributed by atoms with van der Waals surface area (Å²) in [5, 5.41) is 13.3. The lowest BCUT2D eigenvalue weighted by Crippen LogP contribution is -1.85. The van der Waals surface area contributed by atoms with Crippen molar-refractivity contribution in [1.29, 1.82) is 0 Å². The van der Waals surface area contributed by atoms with E-state index in [2.05, 4.69) is 24.2 Å². The summed E-state index contributed by atoms with van der Waals surface area (Å²) in [6, 6.07) is 7.00. The molecule has 0 amide bonds. The molecule has 92 valence electrons. The molecular weight excluding hydrogens is 246 g/mol. The molecule has 18 heavy (non-hydrogen) atoms. The summed E-state index contributed by atoms with van der Waals surface area (Å²) in [5.74, 6) is 1.42. The maximum atomic E-state index is 9.43. The quantitative estimate of drug-likeness (QED) is 0.742. The Morgan fingerprint density at radius 2 is 2.11 bits per heavy atom. The molecule has 4 heteroatoms. The summed E-state index contributed by atoms with van der Waals surface area (Å²) in [5.41, 5.74) is 1.85. The van der Waals surface area contributed by atoms with E-state index in [1.807, 2.05) is 6.07 Å². The van der Waals surface area contributed by atoms with Crippen molar-refractivity contribution in [3.05, 3.63) is 35.3 Å². The van der Waals surface area contributed by atoms with E-state index in [1.165, 1.54) is 0 Å². The molecule has 0 atom stereocenters. The number of thiazole rings is 1. The standard InChI is InChI=1S/C14H13NO2S/c1-8(2)11-7-18-14(15-11)13-6-9-5-10(16)3-4-12(9)17-13/h3-8,16H,1-2H3. The van der Waals surface area contributed by atoms with E-state index in [4.69, 9.17) is 4.42 Å². The molecule has 2 aromatic heterocycles. The van der Waals surface area contributed by atoms with Gasteiger partial charge in [0.05, 0.1) is 5.69 Å². The molecule has 0 aliphatic carbocycles. The third kappa shape index (κ3) is 1.88. The fourth-order valence-electron chi connectivity index (χ4n) is 1.80. The lowest BCUT2D eigenvalue weighted by atomic mass is 10.2. The average Bonchev–Trinajstić information content (AvgIpc) is 2.93. The van der Waals surface area contributed by atoms with Gasteiger partial charge in [-0.1, -0.05) is 13.8 Å². The number of fused-ring (bicyclic) bond motifs is 1. The van der Waals surface area contributed by atoms with Gasteiger partial charge in [0.15, 0.2) is 10.8 Å². The molecule has 0 saturated carbocycles. The second kappa shape index (κ2) is 4.14. The van der Waals surface area contributed by atoms with Crippen molar-refractivity contribution in [2.24, 2.45) is 0 Å². The molecule has 1 aromatic carbocycles. The first-order valence-electron chi connectivity index (χ1n) is 5.82. The second-order valence-electron chi connectivity index (χ2n) is 4.57. The SMILES string of the molecule is CC(C)c1csc(-c2cc3cc(O)ccc3o2)n1. The lowest BCUT2D eigenvalue weighted by molar-refractivity contribution is 0.476. The molecular formula is C14H13NO2S. The second-order valence-corrected chi connectivity index (χ2v) is 5.42. The number of phenols is 1. The van der Waals surface area contributed by atoms with Crippen LogP contribution in [0.25, 0.3) is 21.7 Å². The third-order valence-electron chi connectivity index (χ3n) is 2.82.